The van der Waals surface area contributed by atoms with Crippen molar-refractivity contribution >= 4 is 36.2 Å². The highest BCUT2D eigenvalue weighted by Crippen LogP contribution is 2.27. The fourth-order valence-electron chi connectivity index (χ4n) is 3.76. The first-order chi connectivity index (χ1) is 12.8. The molecule has 3 aromatic rings. The molecule has 4 rings (SSSR count). The van der Waals surface area contributed by atoms with Crippen LogP contribution in [0.5, 0.6) is 0 Å². The maximum atomic E-state index is 6.41. The fraction of sp³-hybridized carbons (Fsp3) is 0.318. The summed E-state index contributed by atoms with van der Waals surface area (Å²) in [6.07, 6.45) is 2.07. The van der Waals surface area contributed by atoms with Gasteiger partial charge in [-0.15, -0.1) is 36.2 Å². The molecule has 0 aliphatic carbocycles. The van der Waals surface area contributed by atoms with Gasteiger partial charge in [-0.3, -0.25) is 4.90 Å². The molecule has 2 heterocycles. The number of halogens is 2. The Bertz CT molecular complexity index is 826. The van der Waals surface area contributed by atoms with E-state index in [2.05, 4.69) is 70.9 Å². The molecule has 0 radical (unpaired) electrons. The summed E-state index contributed by atoms with van der Waals surface area (Å²) >= 11 is 1.78. The van der Waals surface area contributed by atoms with Crippen LogP contribution in [0.25, 0.3) is 0 Å². The normalized spacial score (nSPS) is 19.0. The zero-order valence-electron chi connectivity index (χ0n) is 15.7. The molecule has 1 aromatic heterocycles. The summed E-state index contributed by atoms with van der Waals surface area (Å²) in [5.41, 5.74) is 10.3. The lowest BCUT2D eigenvalue weighted by atomic mass is 9.95. The van der Waals surface area contributed by atoms with Crippen LogP contribution in [-0.2, 0) is 19.4 Å². The minimum Gasteiger partial charge on any atom is -0.326 e. The van der Waals surface area contributed by atoms with E-state index in [4.69, 9.17) is 10.7 Å². The SMILES string of the molecule is Cl.Cl.N[C@@H]1CN(Cc2csc(CCc3ccccc3)n2)C[C@H]1c1ccccc1. The molecule has 2 N–H and O–H groups in total. The summed E-state index contributed by atoms with van der Waals surface area (Å²) in [6.45, 7) is 2.86. The summed E-state index contributed by atoms with van der Waals surface area (Å²) < 4.78 is 0. The van der Waals surface area contributed by atoms with Crippen LogP contribution in [0.3, 0.4) is 0 Å². The number of nitrogens with two attached hydrogens (primary N) is 1. The van der Waals surface area contributed by atoms with Crippen LogP contribution in [0.15, 0.2) is 66.0 Å². The molecule has 0 bridgehead atoms. The smallest absolute Gasteiger partial charge is 0.0932 e. The van der Waals surface area contributed by atoms with E-state index in [0.29, 0.717) is 5.92 Å². The lowest BCUT2D eigenvalue weighted by molar-refractivity contribution is 0.320. The summed E-state index contributed by atoms with van der Waals surface area (Å²) in [4.78, 5) is 7.29. The summed E-state index contributed by atoms with van der Waals surface area (Å²) in [6, 6.07) is 21.5. The van der Waals surface area contributed by atoms with Gasteiger partial charge in [0, 0.05) is 43.4 Å². The quantitative estimate of drug-likeness (QED) is 0.609. The van der Waals surface area contributed by atoms with Crippen molar-refractivity contribution in [2.24, 2.45) is 5.73 Å². The number of nitrogens with zero attached hydrogens (tertiary/aromatic N) is 2. The van der Waals surface area contributed by atoms with Crippen LogP contribution >= 0.6 is 36.2 Å². The number of hydrogen-bond donors (Lipinski definition) is 1. The molecular weight excluding hydrogens is 409 g/mol. The van der Waals surface area contributed by atoms with Crippen LogP contribution in [0.2, 0.25) is 0 Å². The predicted octanol–water partition coefficient (Wildman–Crippen LogP) is 4.70. The Hall–Kier alpha value is -1.43. The molecule has 0 unspecified atom stereocenters. The Balaban J connectivity index is 0.00000140. The van der Waals surface area contributed by atoms with Gasteiger partial charge < -0.3 is 5.73 Å². The topological polar surface area (TPSA) is 42.1 Å². The predicted molar refractivity (Wildman–Crippen MR) is 123 cm³/mol. The number of hydrogen-bond acceptors (Lipinski definition) is 4. The van der Waals surface area contributed by atoms with E-state index < -0.39 is 0 Å². The van der Waals surface area contributed by atoms with Crippen molar-refractivity contribution in [1.82, 2.24) is 9.88 Å². The van der Waals surface area contributed by atoms with Gasteiger partial charge in [0.1, 0.15) is 0 Å². The zero-order valence-corrected chi connectivity index (χ0v) is 18.2. The third-order valence-electron chi connectivity index (χ3n) is 5.12. The summed E-state index contributed by atoms with van der Waals surface area (Å²) in [7, 11) is 0. The Kier molecular flexibility index (Phi) is 8.93. The Labute approximate surface area is 183 Å². The van der Waals surface area contributed by atoms with Gasteiger partial charge in [-0.25, -0.2) is 4.98 Å². The maximum absolute atomic E-state index is 6.41. The van der Waals surface area contributed by atoms with Crippen LogP contribution < -0.4 is 5.73 Å². The van der Waals surface area contributed by atoms with E-state index >= 15 is 0 Å². The van der Waals surface area contributed by atoms with Gasteiger partial charge >= 0.3 is 0 Å². The van der Waals surface area contributed by atoms with E-state index in [1.54, 1.807) is 11.3 Å². The number of aryl methyl sites for hydroxylation is 2. The van der Waals surface area contributed by atoms with E-state index in [1.165, 1.54) is 21.8 Å². The zero-order chi connectivity index (χ0) is 17.8. The summed E-state index contributed by atoms with van der Waals surface area (Å²) in [5, 5.41) is 3.44. The molecule has 1 saturated heterocycles. The van der Waals surface area contributed by atoms with Gasteiger partial charge in [0.25, 0.3) is 0 Å². The average molecular weight is 436 g/mol. The Morgan fingerprint density at radius 3 is 2.32 bits per heavy atom. The first kappa shape index (κ1) is 22.9. The highest BCUT2D eigenvalue weighted by Gasteiger charge is 2.31. The molecule has 6 heteroatoms. The monoisotopic (exact) mass is 435 g/mol. The second-order valence-electron chi connectivity index (χ2n) is 7.09. The van der Waals surface area contributed by atoms with E-state index in [1.807, 2.05) is 0 Å². The number of benzene rings is 2. The molecule has 1 aliphatic rings. The van der Waals surface area contributed by atoms with Gasteiger partial charge in [-0.2, -0.15) is 0 Å². The molecule has 3 nitrogen and oxygen atoms in total. The molecule has 0 saturated carbocycles. The maximum Gasteiger partial charge on any atom is 0.0932 e. The third-order valence-corrected chi connectivity index (χ3v) is 6.08. The Morgan fingerprint density at radius 2 is 1.61 bits per heavy atom. The second-order valence-corrected chi connectivity index (χ2v) is 8.04. The van der Waals surface area contributed by atoms with Crippen LogP contribution in [0.1, 0.15) is 27.7 Å². The lowest BCUT2D eigenvalue weighted by Gasteiger charge is -2.15. The van der Waals surface area contributed by atoms with E-state index in [0.717, 1.165) is 32.5 Å². The van der Waals surface area contributed by atoms with Crippen molar-refractivity contribution in [3.63, 3.8) is 0 Å². The highest BCUT2D eigenvalue weighted by atomic mass is 35.5. The Morgan fingerprint density at radius 1 is 0.929 bits per heavy atom. The van der Waals surface area contributed by atoms with Gasteiger partial charge in [0.15, 0.2) is 0 Å². The first-order valence-electron chi connectivity index (χ1n) is 9.28. The third kappa shape index (κ3) is 5.79. The molecule has 0 spiro atoms. The standard InChI is InChI=1S/C22H25N3S.2ClH/c23-21-15-25(14-20(21)18-9-5-2-6-10-18)13-19-16-26-22(24-19)12-11-17-7-3-1-4-8-17;;/h1-10,16,20-21H,11-15,23H2;2*1H/t20-,21+;;/m0../s1. The van der Waals surface area contributed by atoms with E-state index in [9.17, 15) is 0 Å². The van der Waals surface area contributed by atoms with Gasteiger partial charge in [0.05, 0.1) is 10.7 Å². The van der Waals surface area contributed by atoms with Crippen LogP contribution in [0.4, 0.5) is 0 Å². The van der Waals surface area contributed by atoms with Gasteiger partial charge in [0.2, 0.25) is 0 Å². The van der Waals surface area contributed by atoms with E-state index in [-0.39, 0.29) is 30.9 Å². The molecule has 28 heavy (non-hydrogen) atoms. The van der Waals surface area contributed by atoms with Gasteiger partial charge in [-0.05, 0) is 17.5 Å². The molecule has 1 fully saturated rings. The minimum absolute atomic E-state index is 0. The molecule has 150 valence electrons. The fourth-order valence-corrected chi connectivity index (χ4v) is 4.55. The first-order valence-corrected chi connectivity index (χ1v) is 10.2. The van der Waals surface area contributed by atoms with Crippen molar-refractivity contribution in [2.75, 3.05) is 13.1 Å². The van der Waals surface area contributed by atoms with Gasteiger partial charge in [-0.1, -0.05) is 60.7 Å². The van der Waals surface area contributed by atoms with Crippen molar-refractivity contribution in [3.8, 4) is 0 Å². The van der Waals surface area contributed by atoms with Crippen molar-refractivity contribution in [3.05, 3.63) is 87.9 Å². The molecular formula is C22H27Cl2N3S. The molecule has 0 amide bonds. The largest absolute Gasteiger partial charge is 0.326 e. The van der Waals surface area contributed by atoms with Crippen LogP contribution in [-0.4, -0.2) is 29.0 Å². The number of rotatable bonds is 6. The number of aromatic nitrogens is 1. The van der Waals surface area contributed by atoms with Crippen molar-refractivity contribution in [2.45, 2.75) is 31.3 Å². The highest BCUT2D eigenvalue weighted by molar-refractivity contribution is 7.09. The number of likely N-dealkylation sites (tertiary alicyclic amines) is 1. The van der Waals surface area contributed by atoms with Crippen molar-refractivity contribution in [1.29, 1.82) is 0 Å². The second kappa shape index (κ2) is 10.9. The molecule has 2 aromatic carbocycles. The van der Waals surface area contributed by atoms with Crippen molar-refractivity contribution < 1.29 is 0 Å². The molecule has 2 atom stereocenters. The lowest BCUT2D eigenvalue weighted by Crippen LogP contribution is -2.28. The number of thiazole rings is 1. The average Bonchev–Trinajstić information content (AvgIpc) is 3.28. The minimum atomic E-state index is 0. The summed E-state index contributed by atoms with van der Waals surface area (Å²) in [5.74, 6) is 0.424. The van der Waals surface area contributed by atoms with Crippen LogP contribution in [0, 0.1) is 0 Å². The molecule has 1 aliphatic heterocycles.